The van der Waals surface area contributed by atoms with Crippen molar-refractivity contribution in [3.63, 3.8) is 0 Å². The number of hydrogen-bond acceptors (Lipinski definition) is 6. The summed E-state index contributed by atoms with van der Waals surface area (Å²) in [6.45, 7) is 2.03. The summed E-state index contributed by atoms with van der Waals surface area (Å²) in [4.78, 5) is 25.2. The summed E-state index contributed by atoms with van der Waals surface area (Å²) in [7, 11) is 0. The third-order valence-electron chi connectivity index (χ3n) is 7.46. The highest BCUT2D eigenvalue weighted by molar-refractivity contribution is 6.21. The fourth-order valence-electron chi connectivity index (χ4n) is 5.48. The fraction of sp³-hybridized carbons (Fsp3) is 0.905. The van der Waals surface area contributed by atoms with Crippen molar-refractivity contribution in [3.8, 4) is 0 Å². The molecule has 31 heavy (non-hydrogen) atoms. The molecule has 0 aromatic heterocycles. The van der Waals surface area contributed by atoms with Gasteiger partial charge < -0.3 is 25.2 Å². The summed E-state index contributed by atoms with van der Waals surface area (Å²) in [5.41, 5.74) is -1.16. The van der Waals surface area contributed by atoms with Crippen molar-refractivity contribution in [3.05, 3.63) is 0 Å². The molecule has 1 aliphatic heterocycles. The molecule has 4 saturated carbocycles. The molecule has 10 heteroatoms. The monoisotopic (exact) mass is 461 g/mol. The maximum atomic E-state index is 13.8. The molecule has 5 aliphatic rings. The van der Waals surface area contributed by atoms with Gasteiger partial charge >= 0.3 is 0 Å². The molecule has 5 rings (SSSR count). The molecule has 0 spiro atoms. The standard InChI is InChI=1S/C21H33ClFN3O5/c1-12-24-16(10-30-12)19(29)26-20-4-6-21(7-5-20,17(27)9-20)25-18(28)11-31-13-2-3-14(22)15(23)8-13/h12-17,24,27H,2-11H2,1H3,(H,25,28)(H,26,29). The Morgan fingerprint density at radius 2 is 2.00 bits per heavy atom. The third-order valence-corrected chi connectivity index (χ3v) is 7.95. The van der Waals surface area contributed by atoms with Crippen LogP contribution >= 0.6 is 11.6 Å². The largest absolute Gasteiger partial charge is 0.391 e. The number of amides is 2. The first-order valence-electron chi connectivity index (χ1n) is 11.3. The highest BCUT2D eigenvalue weighted by Crippen LogP contribution is 2.47. The van der Waals surface area contributed by atoms with Gasteiger partial charge in [0.15, 0.2) is 0 Å². The van der Waals surface area contributed by atoms with Crippen LogP contribution in [0.5, 0.6) is 0 Å². The Labute approximate surface area is 186 Å². The van der Waals surface area contributed by atoms with E-state index in [2.05, 4.69) is 16.0 Å². The number of aliphatic hydroxyl groups excluding tert-OH is 1. The van der Waals surface area contributed by atoms with E-state index in [4.69, 9.17) is 21.1 Å². The SMILES string of the molecule is CC1NC(C(=O)NC23CCC(NC(=O)COC4CCC(Cl)C(F)C4)(CC2)C(O)C3)CO1. The number of fused-ring (bicyclic) bond motifs is 3. The van der Waals surface area contributed by atoms with E-state index in [9.17, 15) is 19.1 Å². The molecule has 6 atom stereocenters. The Morgan fingerprint density at radius 1 is 1.26 bits per heavy atom. The van der Waals surface area contributed by atoms with Gasteiger partial charge in [0, 0.05) is 12.0 Å². The lowest BCUT2D eigenvalue weighted by Crippen LogP contribution is -2.71. The Balaban J connectivity index is 1.26. The molecule has 2 amide bonds. The van der Waals surface area contributed by atoms with E-state index >= 15 is 0 Å². The zero-order chi connectivity index (χ0) is 22.2. The van der Waals surface area contributed by atoms with Crippen molar-refractivity contribution in [1.82, 2.24) is 16.0 Å². The molecular weight excluding hydrogens is 429 g/mol. The van der Waals surface area contributed by atoms with Gasteiger partial charge in [0.2, 0.25) is 11.8 Å². The van der Waals surface area contributed by atoms with E-state index in [-0.39, 0.29) is 43.2 Å². The van der Waals surface area contributed by atoms with Gasteiger partial charge in [-0.2, -0.15) is 0 Å². The molecular formula is C21H33ClFN3O5. The smallest absolute Gasteiger partial charge is 0.246 e. The molecule has 0 radical (unpaired) electrons. The Kier molecular flexibility index (Phi) is 6.80. The number of nitrogens with one attached hydrogen (secondary N) is 3. The number of carbonyl (C=O) groups is 2. The first kappa shape index (κ1) is 23.2. The van der Waals surface area contributed by atoms with E-state index in [0.717, 1.165) is 0 Å². The molecule has 8 nitrogen and oxygen atoms in total. The quantitative estimate of drug-likeness (QED) is 0.437. The average Bonchev–Trinajstić information content (AvgIpc) is 3.17. The summed E-state index contributed by atoms with van der Waals surface area (Å²) >= 11 is 5.89. The fourth-order valence-corrected chi connectivity index (χ4v) is 5.71. The minimum atomic E-state index is -1.11. The van der Waals surface area contributed by atoms with Crippen LogP contribution in [0, 0.1) is 0 Å². The summed E-state index contributed by atoms with van der Waals surface area (Å²) < 4.78 is 24.8. The van der Waals surface area contributed by atoms with Crippen LogP contribution in [0.1, 0.15) is 58.3 Å². The van der Waals surface area contributed by atoms with E-state index < -0.39 is 28.7 Å². The Hall–Kier alpha value is -1.00. The van der Waals surface area contributed by atoms with Gasteiger partial charge in [-0.15, -0.1) is 11.6 Å². The molecule has 176 valence electrons. The Morgan fingerprint density at radius 3 is 2.61 bits per heavy atom. The highest BCUT2D eigenvalue weighted by atomic mass is 35.5. The van der Waals surface area contributed by atoms with Crippen LogP contribution in [0.3, 0.4) is 0 Å². The van der Waals surface area contributed by atoms with Gasteiger partial charge in [-0.3, -0.25) is 14.9 Å². The van der Waals surface area contributed by atoms with E-state index in [1.165, 1.54) is 0 Å². The molecule has 6 unspecified atom stereocenters. The predicted octanol–water partition coefficient (Wildman–Crippen LogP) is 0.884. The second kappa shape index (κ2) is 9.09. The normalized spacial score (nSPS) is 44.8. The van der Waals surface area contributed by atoms with Crippen molar-refractivity contribution in [2.75, 3.05) is 13.2 Å². The van der Waals surface area contributed by atoms with Crippen molar-refractivity contribution in [1.29, 1.82) is 0 Å². The van der Waals surface area contributed by atoms with Crippen LogP contribution in [0.4, 0.5) is 4.39 Å². The lowest BCUT2D eigenvalue weighted by molar-refractivity contribution is -0.140. The number of ether oxygens (including phenoxy) is 2. The minimum Gasteiger partial charge on any atom is -0.391 e. The minimum absolute atomic E-state index is 0.110. The molecule has 4 aliphatic carbocycles. The van der Waals surface area contributed by atoms with E-state index in [1.54, 1.807) is 0 Å². The van der Waals surface area contributed by atoms with Crippen LogP contribution < -0.4 is 16.0 Å². The summed E-state index contributed by atoms with van der Waals surface area (Å²) in [5, 5.41) is 19.6. The summed E-state index contributed by atoms with van der Waals surface area (Å²) in [5.74, 6) is -0.414. The Bertz CT molecular complexity index is 690. The molecule has 0 aromatic rings. The average molecular weight is 462 g/mol. The molecule has 1 heterocycles. The lowest BCUT2D eigenvalue weighted by atomic mass is 9.60. The van der Waals surface area contributed by atoms with Crippen molar-refractivity contribution in [2.45, 2.75) is 105 Å². The van der Waals surface area contributed by atoms with Crippen LogP contribution in [0.25, 0.3) is 0 Å². The number of alkyl halides is 2. The highest BCUT2D eigenvalue weighted by Gasteiger charge is 2.55. The maximum absolute atomic E-state index is 13.8. The second-order valence-electron chi connectivity index (χ2n) is 9.67. The van der Waals surface area contributed by atoms with Crippen molar-refractivity contribution >= 4 is 23.4 Å². The topological polar surface area (TPSA) is 109 Å². The number of rotatable bonds is 6. The first-order chi connectivity index (χ1) is 14.7. The maximum Gasteiger partial charge on any atom is 0.246 e. The third kappa shape index (κ3) is 5.00. The van der Waals surface area contributed by atoms with E-state index in [0.29, 0.717) is 51.6 Å². The molecule has 2 bridgehead atoms. The number of carbonyl (C=O) groups excluding carboxylic acids is 2. The van der Waals surface area contributed by atoms with Crippen LogP contribution in [-0.4, -0.2) is 77.2 Å². The molecule has 5 fully saturated rings. The predicted molar refractivity (Wildman–Crippen MR) is 111 cm³/mol. The van der Waals surface area contributed by atoms with Gasteiger partial charge in [-0.25, -0.2) is 4.39 Å². The first-order valence-corrected chi connectivity index (χ1v) is 11.7. The van der Waals surface area contributed by atoms with Gasteiger partial charge in [-0.05, 0) is 51.9 Å². The second-order valence-corrected chi connectivity index (χ2v) is 10.2. The molecule has 0 aromatic carbocycles. The van der Waals surface area contributed by atoms with Gasteiger partial charge in [0.1, 0.15) is 25.0 Å². The lowest BCUT2D eigenvalue weighted by Gasteiger charge is -2.56. The molecule has 1 saturated heterocycles. The van der Waals surface area contributed by atoms with E-state index in [1.807, 2.05) is 6.92 Å². The number of hydrogen-bond donors (Lipinski definition) is 4. The van der Waals surface area contributed by atoms with Crippen LogP contribution in [-0.2, 0) is 19.1 Å². The van der Waals surface area contributed by atoms with Gasteiger partial charge in [0.05, 0.1) is 29.7 Å². The van der Waals surface area contributed by atoms with Crippen molar-refractivity contribution in [2.24, 2.45) is 0 Å². The zero-order valence-corrected chi connectivity index (χ0v) is 18.6. The number of aliphatic hydroxyl groups is 1. The van der Waals surface area contributed by atoms with Gasteiger partial charge in [-0.1, -0.05) is 0 Å². The van der Waals surface area contributed by atoms with Crippen molar-refractivity contribution < 1.29 is 28.6 Å². The zero-order valence-electron chi connectivity index (χ0n) is 17.9. The number of halogens is 2. The van der Waals surface area contributed by atoms with Crippen LogP contribution in [0.2, 0.25) is 0 Å². The summed E-state index contributed by atoms with van der Waals surface area (Å²) in [6, 6.07) is -0.384. The van der Waals surface area contributed by atoms with Gasteiger partial charge in [0.25, 0.3) is 0 Å². The summed E-state index contributed by atoms with van der Waals surface area (Å²) in [6.07, 6.45) is 1.97. The molecule has 4 N–H and O–H groups in total. The van der Waals surface area contributed by atoms with Crippen LogP contribution in [0.15, 0.2) is 0 Å².